The number of ether oxygens (including phenoxy) is 3. The first kappa shape index (κ1) is 22.3. The summed E-state index contributed by atoms with van der Waals surface area (Å²) in [5.41, 5.74) is 1.14. The average Bonchev–Trinajstić information content (AvgIpc) is 3.15. The minimum Gasteiger partial charge on any atom is -0.497 e. The van der Waals surface area contributed by atoms with Gasteiger partial charge in [-0.1, -0.05) is 35.6 Å². The number of esters is 1. The van der Waals surface area contributed by atoms with E-state index in [0.29, 0.717) is 27.6 Å². The van der Waals surface area contributed by atoms with Gasteiger partial charge in [-0.2, -0.15) is 4.99 Å². The van der Waals surface area contributed by atoms with Crippen LogP contribution in [-0.2, 0) is 16.1 Å². The van der Waals surface area contributed by atoms with Gasteiger partial charge in [-0.15, -0.1) is 0 Å². The molecule has 168 valence electrons. The molecule has 1 amide bonds. The minimum atomic E-state index is -0.440. The largest absolute Gasteiger partial charge is 0.497 e. The summed E-state index contributed by atoms with van der Waals surface area (Å²) in [6.45, 7) is 1.97. The number of amides is 1. The van der Waals surface area contributed by atoms with Gasteiger partial charge < -0.3 is 18.8 Å². The summed E-state index contributed by atoms with van der Waals surface area (Å²) in [5, 5.41) is 0. The molecule has 0 aliphatic carbocycles. The Balaban J connectivity index is 1.70. The molecule has 3 aromatic carbocycles. The number of hydrogen-bond acceptors (Lipinski definition) is 6. The molecule has 1 aromatic heterocycles. The molecule has 0 spiro atoms. The van der Waals surface area contributed by atoms with E-state index in [1.54, 1.807) is 48.9 Å². The highest BCUT2D eigenvalue weighted by molar-refractivity contribution is 7.16. The summed E-state index contributed by atoms with van der Waals surface area (Å²) in [7, 11) is 1.58. The van der Waals surface area contributed by atoms with Gasteiger partial charge in [0, 0.05) is 5.56 Å². The van der Waals surface area contributed by atoms with Crippen LogP contribution in [0.3, 0.4) is 0 Å². The third-order valence-corrected chi connectivity index (χ3v) is 5.78. The van der Waals surface area contributed by atoms with Crippen molar-refractivity contribution in [1.29, 1.82) is 0 Å². The third kappa shape index (κ3) is 5.30. The summed E-state index contributed by atoms with van der Waals surface area (Å²) >= 11 is 1.30. The highest BCUT2D eigenvalue weighted by Gasteiger charge is 2.14. The number of methoxy groups -OCH3 is 1. The Morgan fingerprint density at radius 1 is 0.939 bits per heavy atom. The van der Waals surface area contributed by atoms with Crippen LogP contribution in [0.4, 0.5) is 0 Å². The van der Waals surface area contributed by atoms with E-state index in [9.17, 15) is 9.59 Å². The Kier molecular flexibility index (Phi) is 6.85. The fraction of sp³-hybridized carbons (Fsp3) is 0.160. The number of para-hydroxylation sites is 1. The van der Waals surface area contributed by atoms with Gasteiger partial charge in [0.15, 0.2) is 4.80 Å². The van der Waals surface area contributed by atoms with Crippen molar-refractivity contribution in [3.63, 3.8) is 0 Å². The van der Waals surface area contributed by atoms with E-state index in [2.05, 4.69) is 4.99 Å². The number of fused-ring (bicyclic) bond motifs is 1. The van der Waals surface area contributed by atoms with Crippen molar-refractivity contribution in [1.82, 2.24) is 4.57 Å². The first-order chi connectivity index (χ1) is 16.1. The van der Waals surface area contributed by atoms with E-state index in [4.69, 9.17) is 14.2 Å². The van der Waals surface area contributed by atoms with Gasteiger partial charge in [0.05, 0.1) is 23.9 Å². The normalized spacial score (nSPS) is 11.4. The van der Waals surface area contributed by atoms with Crippen molar-refractivity contribution in [2.24, 2.45) is 4.99 Å². The number of thiazole rings is 1. The predicted molar refractivity (Wildman–Crippen MR) is 126 cm³/mol. The standard InChI is InChI=1S/C25H22N2O5S/c1-3-31-23(28)16-27-21-13-12-19(30-2)15-22(21)33-25(27)26-24(29)17-8-7-11-20(14-17)32-18-9-5-4-6-10-18/h4-15H,3,16H2,1-2H3. The van der Waals surface area contributed by atoms with Crippen molar-refractivity contribution in [2.75, 3.05) is 13.7 Å². The number of rotatable bonds is 7. The number of benzene rings is 3. The third-order valence-electron chi connectivity index (χ3n) is 4.74. The fourth-order valence-corrected chi connectivity index (χ4v) is 4.28. The van der Waals surface area contributed by atoms with Crippen LogP contribution in [0.5, 0.6) is 17.2 Å². The first-order valence-corrected chi connectivity index (χ1v) is 11.1. The molecule has 0 bridgehead atoms. The molecule has 4 rings (SSSR count). The zero-order chi connectivity index (χ0) is 23.2. The van der Waals surface area contributed by atoms with E-state index in [1.807, 2.05) is 42.5 Å². The molecular formula is C25H22N2O5S. The van der Waals surface area contributed by atoms with Gasteiger partial charge in [0.1, 0.15) is 23.8 Å². The highest BCUT2D eigenvalue weighted by Crippen LogP contribution is 2.24. The van der Waals surface area contributed by atoms with Crippen molar-refractivity contribution < 1.29 is 23.8 Å². The molecular weight excluding hydrogens is 440 g/mol. The lowest BCUT2D eigenvalue weighted by molar-refractivity contribution is -0.143. The van der Waals surface area contributed by atoms with E-state index >= 15 is 0 Å². The quantitative estimate of drug-likeness (QED) is 0.368. The predicted octanol–water partition coefficient (Wildman–Crippen LogP) is 4.81. The molecule has 0 N–H and O–H groups in total. The summed E-state index contributed by atoms with van der Waals surface area (Å²) in [6, 6.07) is 21.6. The Morgan fingerprint density at radius 3 is 2.48 bits per heavy atom. The molecule has 0 fully saturated rings. The highest BCUT2D eigenvalue weighted by atomic mass is 32.1. The Labute approximate surface area is 194 Å². The van der Waals surface area contributed by atoms with Crippen molar-refractivity contribution in [2.45, 2.75) is 13.5 Å². The lowest BCUT2D eigenvalue weighted by Gasteiger charge is -2.07. The minimum absolute atomic E-state index is 0.0521. The smallest absolute Gasteiger partial charge is 0.326 e. The van der Waals surface area contributed by atoms with Crippen molar-refractivity contribution in [3.05, 3.63) is 83.2 Å². The molecule has 0 saturated carbocycles. The zero-order valence-corrected chi connectivity index (χ0v) is 19.0. The van der Waals surface area contributed by atoms with Gasteiger partial charge in [0.2, 0.25) is 0 Å². The van der Waals surface area contributed by atoms with Crippen LogP contribution in [0.25, 0.3) is 10.2 Å². The van der Waals surface area contributed by atoms with Gasteiger partial charge >= 0.3 is 5.97 Å². The van der Waals surface area contributed by atoms with Gasteiger partial charge in [-0.05, 0) is 55.5 Å². The monoisotopic (exact) mass is 462 g/mol. The number of nitrogens with zero attached hydrogens (tertiary/aromatic N) is 2. The lowest BCUT2D eigenvalue weighted by atomic mass is 10.2. The van der Waals surface area contributed by atoms with Crippen LogP contribution in [0.15, 0.2) is 77.8 Å². The number of hydrogen-bond donors (Lipinski definition) is 0. The molecule has 0 saturated heterocycles. The molecule has 0 unspecified atom stereocenters. The second kappa shape index (κ2) is 10.1. The molecule has 7 nitrogen and oxygen atoms in total. The summed E-state index contributed by atoms with van der Waals surface area (Å²) in [6.07, 6.45) is 0. The number of aromatic nitrogens is 1. The lowest BCUT2D eigenvalue weighted by Crippen LogP contribution is -2.23. The maximum Gasteiger partial charge on any atom is 0.326 e. The molecule has 33 heavy (non-hydrogen) atoms. The Bertz CT molecular complexity index is 1360. The van der Waals surface area contributed by atoms with Crippen LogP contribution >= 0.6 is 11.3 Å². The molecule has 0 radical (unpaired) electrons. The average molecular weight is 463 g/mol. The topological polar surface area (TPSA) is 79.1 Å². The molecule has 4 aromatic rings. The summed E-state index contributed by atoms with van der Waals surface area (Å²) in [5.74, 6) is 1.04. The summed E-state index contributed by atoms with van der Waals surface area (Å²) < 4.78 is 18.7. The fourth-order valence-electron chi connectivity index (χ4n) is 3.22. The van der Waals surface area contributed by atoms with Crippen LogP contribution < -0.4 is 14.3 Å². The van der Waals surface area contributed by atoms with Crippen LogP contribution in [0.2, 0.25) is 0 Å². The van der Waals surface area contributed by atoms with E-state index in [1.165, 1.54) is 11.3 Å². The maximum atomic E-state index is 13.0. The van der Waals surface area contributed by atoms with Gasteiger partial charge in [0.25, 0.3) is 5.91 Å². The maximum absolute atomic E-state index is 13.0. The second-order valence-corrected chi connectivity index (χ2v) is 7.98. The van der Waals surface area contributed by atoms with Gasteiger partial charge in [-0.3, -0.25) is 9.59 Å². The Morgan fingerprint density at radius 2 is 1.73 bits per heavy atom. The molecule has 0 aliphatic rings. The molecule has 1 heterocycles. The number of carbonyl (C=O) groups is 2. The summed E-state index contributed by atoms with van der Waals surface area (Å²) in [4.78, 5) is 29.9. The SMILES string of the molecule is CCOC(=O)Cn1c(=NC(=O)c2cccc(Oc3ccccc3)c2)sc2cc(OC)ccc21. The number of carbonyl (C=O) groups excluding carboxylic acids is 2. The molecule has 0 aliphatic heterocycles. The van der Waals surface area contributed by atoms with Crippen LogP contribution in [-0.4, -0.2) is 30.2 Å². The first-order valence-electron chi connectivity index (χ1n) is 10.3. The second-order valence-electron chi connectivity index (χ2n) is 6.97. The van der Waals surface area contributed by atoms with E-state index < -0.39 is 11.9 Å². The van der Waals surface area contributed by atoms with Crippen LogP contribution in [0.1, 0.15) is 17.3 Å². The van der Waals surface area contributed by atoms with Gasteiger partial charge in [-0.25, -0.2) is 0 Å². The Hall–Kier alpha value is -3.91. The zero-order valence-electron chi connectivity index (χ0n) is 18.2. The molecule has 8 heteroatoms. The van der Waals surface area contributed by atoms with Crippen molar-refractivity contribution >= 4 is 33.4 Å². The molecule has 0 atom stereocenters. The van der Waals surface area contributed by atoms with Crippen LogP contribution in [0, 0.1) is 0 Å². The van der Waals surface area contributed by atoms with E-state index in [0.717, 1.165) is 10.2 Å². The van der Waals surface area contributed by atoms with Crippen molar-refractivity contribution in [3.8, 4) is 17.2 Å². The van der Waals surface area contributed by atoms with E-state index in [-0.39, 0.29) is 13.2 Å².